The van der Waals surface area contributed by atoms with Gasteiger partial charge in [0.15, 0.2) is 5.60 Å². The van der Waals surface area contributed by atoms with Gasteiger partial charge >= 0.3 is 11.9 Å². The maximum atomic E-state index is 11.6. The van der Waals surface area contributed by atoms with E-state index in [2.05, 4.69) is 9.47 Å². The topological polar surface area (TPSA) is 61.8 Å². The number of hydrogen-bond acceptors (Lipinski definition) is 5. The molecule has 0 amide bonds. The molecule has 0 N–H and O–H groups in total. The Morgan fingerprint density at radius 1 is 1.59 bits per heavy atom. The van der Waals surface area contributed by atoms with Crippen LogP contribution in [0.3, 0.4) is 0 Å². The van der Waals surface area contributed by atoms with Gasteiger partial charge in [0.2, 0.25) is 0 Å². The minimum atomic E-state index is -0.804. The Morgan fingerprint density at radius 2 is 2.29 bits per heavy atom. The Labute approximate surface area is 103 Å². The molecule has 3 unspecified atom stereocenters. The highest BCUT2D eigenvalue weighted by atomic mass is 31.0. The highest BCUT2D eigenvalue weighted by molar-refractivity contribution is 7.09. The normalized spacial score (nSPS) is 25.5. The monoisotopic (exact) mass is 262 g/mol. The number of hydrogen-bond donors (Lipinski definition) is 0. The van der Waals surface area contributed by atoms with Crippen LogP contribution in [0, 0.1) is 5.92 Å². The summed E-state index contributed by atoms with van der Waals surface area (Å²) in [6, 6.07) is 0. The molecule has 1 aliphatic rings. The summed E-state index contributed by atoms with van der Waals surface area (Å²) in [5.41, 5.74) is -0.804. The summed E-state index contributed by atoms with van der Waals surface area (Å²) >= 11 is 0. The summed E-state index contributed by atoms with van der Waals surface area (Å²) in [5.74, 6) is -0.675. The van der Waals surface area contributed by atoms with Gasteiger partial charge in [-0.3, -0.25) is 9.59 Å². The molecule has 0 spiro atoms. The highest BCUT2D eigenvalue weighted by Gasteiger charge is 2.42. The van der Waals surface area contributed by atoms with Crippen LogP contribution >= 0.6 is 9.47 Å². The van der Waals surface area contributed by atoms with Crippen molar-refractivity contribution in [3.8, 4) is 0 Å². The third-order valence-electron chi connectivity index (χ3n) is 2.95. The molecule has 0 radical (unpaired) electrons. The molecule has 1 saturated heterocycles. The molecule has 5 nitrogen and oxygen atoms in total. The summed E-state index contributed by atoms with van der Waals surface area (Å²) in [6.07, 6.45) is 1.59. The number of carbonyl (C=O) groups is 2. The Morgan fingerprint density at radius 3 is 2.76 bits per heavy atom. The minimum absolute atomic E-state index is 0.0658. The molecule has 0 aromatic rings. The molecule has 0 saturated carbocycles. The molecule has 0 aliphatic carbocycles. The van der Waals surface area contributed by atoms with E-state index in [1.165, 1.54) is 0 Å². The maximum absolute atomic E-state index is 11.6. The van der Waals surface area contributed by atoms with Gasteiger partial charge in [0, 0.05) is 22.3 Å². The lowest BCUT2D eigenvalue weighted by atomic mass is 10.0. The molecule has 3 atom stereocenters. The molecular formula is C11H19O5P. The molecule has 0 aromatic carbocycles. The van der Waals surface area contributed by atoms with Crippen LogP contribution in [0.5, 0.6) is 0 Å². The van der Waals surface area contributed by atoms with Crippen molar-refractivity contribution in [2.45, 2.75) is 38.7 Å². The molecule has 17 heavy (non-hydrogen) atoms. The summed E-state index contributed by atoms with van der Waals surface area (Å²) in [7, 11) is 2.11. The van der Waals surface area contributed by atoms with E-state index in [4.69, 9.17) is 14.0 Å². The first-order chi connectivity index (χ1) is 8.03. The van der Waals surface area contributed by atoms with E-state index in [-0.39, 0.29) is 31.1 Å². The zero-order valence-corrected chi connectivity index (χ0v) is 11.4. The third-order valence-corrected chi connectivity index (χ3v) is 3.12. The van der Waals surface area contributed by atoms with Crippen LogP contribution in [0.15, 0.2) is 0 Å². The number of carbonyl (C=O) groups excluding carboxylic acids is 2. The zero-order chi connectivity index (χ0) is 12.9. The van der Waals surface area contributed by atoms with Crippen LogP contribution in [-0.4, -0.2) is 30.8 Å². The average molecular weight is 262 g/mol. The lowest BCUT2D eigenvalue weighted by molar-refractivity contribution is -0.167. The fraction of sp³-hybridized carbons (Fsp3) is 0.818. The van der Waals surface area contributed by atoms with Crippen molar-refractivity contribution in [1.29, 1.82) is 0 Å². The summed E-state index contributed by atoms with van der Waals surface area (Å²) in [4.78, 5) is 22.7. The van der Waals surface area contributed by atoms with Gasteiger partial charge in [-0.2, -0.15) is 0 Å². The van der Waals surface area contributed by atoms with Crippen molar-refractivity contribution in [2.75, 3.05) is 13.2 Å². The molecule has 1 fully saturated rings. The standard InChI is InChI=1S/C11H19O5P/c1-3-8(2)10(13)14-6-11(7-15-17)5-4-9(12)16-11/h8H,3-7,17H2,1-2H3. The van der Waals surface area contributed by atoms with E-state index < -0.39 is 5.60 Å². The molecule has 98 valence electrons. The third kappa shape index (κ3) is 3.93. The second-order valence-electron chi connectivity index (χ2n) is 4.39. The Balaban J connectivity index is 2.51. The minimum Gasteiger partial charge on any atom is -0.461 e. The van der Waals surface area contributed by atoms with E-state index in [0.29, 0.717) is 12.8 Å². The van der Waals surface area contributed by atoms with Crippen molar-refractivity contribution in [3.63, 3.8) is 0 Å². The Hall–Kier alpha value is -0.670. The maximum Gasteiger partial charge on any atom is 0.308 e. The van der Waals surface area contributed by atoms with E-state index in [1.807, 2.05) is 13.8 Å². The lowest BCUT2D eigenvalue weighted by Gasteiger charge is -2.26. The van der Waals surface area contributed by atoms with Gasteiger partial charge in [-0.25, -0.2) is 0 Å². The van der Waals surface area contributed by atoms with Gasteiger partial charge in [0.05, 0.1) is 12.5 Å². The number of rotatable bonds is 6. The SMILES string of the molecule is CCC(C)C(=O)OCC1(COP)CCC(=O)O1. The summed E-state index contributed by atoms with van der Waals surface area (Å²) < 4.78 is 15.3. The molecule has 6 heteroatoms. The quantitative estimate of drug-likeness (QED) is 0.535. The van der Waals surface area contributed by atoms with E-state index >= 15 is 0 Å². The predicted octanol–water partition coefficient (Wildman–Crippen LogP) is 1.46. The van der Waals surface area contributed by atoms with Gasteiger partial charge < -0.3 is 14.0 Å². The van der Waals surface area contributed by atoms with Crippen LogP contribution in [0.25, 0.3) is 0 Å². The lowest BCUT2D eigenvalue weighted by Crippen LogP contribution is -2.40. The fourth-order valence-electron chi connectivity index (χ4n) is 1.58. The van der Waals surface area contributed by atoms with E-state index in [0.717, 1.165) is 6.42 Å². The zero-order valence-electron chi connectivity index (χ0n) is 10.2. The van der Waals surface area contributed by atoms with Crippen LogP contribution in [0.1, 0.15) is 33.1 Å². The predicted molar refractivity (Wildman–Crippen MR) is 64.1 cm³/mol. The fourth-order valence-corrected chi connectivity index (χ4v) is 1.89. The van der Waals surface area contributed by atoms with Crippen LogP contribution < -0.4 is 0 Å². The van der Waals surface area contributed by atoms with Gasteiger partial charge in [0.1, 0.15) is 6.61 Å². The van der Waals surface area contributed by atoms with Crippen molar-refractivity contribution in [2.24, 2.45) is 5.92 Å². The first-order valence-electron chi connectivity index (χ1n) is 5.73. The van der Waals surface area contributed by atoms with Crippen molar-refractivity contribution >= 4 is 21.4 Å². The Kier molecular flexibility index (Phi) is 5.34. The molecule has 1 rings (SSSR count). The van der Waals surface area contributed by atoms with E-state index in [1.54, 1.807) is 0 Å². The van der Waals surface area contributed by atoms with Crippen LogP contribution in [-0.2, 0) is 23.6 Å². The van der Waals surface area contributed by atoms with Gasteiger partial charge in [-0.15, -0.1) is 0 Å². The van der Waals surface area contributed by atoms with E-state index in [9.17, 15) is 9.59 Å². The molecular weight excluding hydrogens is 243 g/mol. The smallest absolute Gasteiger partial charge is 0.308 e. The highest BCUT2D eigenvalue weighted by Crippen LogP contribution is 2.28. The van der Waals surface area contributed by atoms with Crippen LogP contribution in [0.2, 0.25) is 0 Å². The van der Waals surface area contributed by atoms with Gasteiger partial charge in [-0.05, 0) is 6.42 Å². The largest absolute Gasteiger partial charge is 0.461 e. The number of esters is 2. The first-order valence-corrected chi connectivity index (χ1v) is 6.20. The van der Waals surface area contributed by atoms with Crippen molar-refractivity contribution < 1.29 is 23.6 Å². The molecule has 0 aromatic heterocycles. The Bertz CT molecular complexity index is 294. The second kappa shape index (κ2) is 6.31. The summed E-state index contributed by atoms with van der Waals surface area (Å²) in [6.45, 7) is 4.01. The first kappa shape index (κ1) is 14.4. The average Bonchev–Trinajstić information content (AvgIpc) is 2.68. The van der Waals surface area contributed by atoms with Crippen molar-refractivity contribution in [3.05, 3.63) is 0 Å². The number of cyclic esters (lactones) is 1. The van der Waals surface area contributed by atoms with Gasteiger partial charge in [-0.1, -0.05) is 13.8 Å². The molecule has 1 aliphatic heterocycles. The van der Waals surface area contributed by atoms with Crippen molar-refractivity contribution in [1.82, 2.24) is 0 Å². The number of ether oxygens (including phenoxy) is 2. The molecule has 1 heterocycles. The van der Waals surface area contributed by atoms with Crippen LogP contribution in [0.4, 0.5) is 0 Å². The van der Waals surface area contributed by atoms with Gasteiger partial charge in [0.25, 0.3) is 0 Å². The second-order valence-corrected chi connectivity index (χ2v) is 4.72. The summed E-state index contributed by atoms with van der Waals surface area (Å²) in [5, 5.41) is 0. The molecule has 0 bridgehead atoms.